The largest absolute Gasteiger partial charge is 0.456 e. The van der Waals surface area contributed by atoms with E-state index in [-0.39, 0.29) is 17.9 Å². The molecule has 0 bridgehead atoms. The Morgan fingerprint density at radius 3 is 2.68 bits per heavy atom. The first kappa shape index (κ1) is 13.5. The molecule has 100 valence electrons. The van der Waals surface area contributed by atoms with E-state index in [9.17, 15) is 9.18 Å². The van der Waals surface area contributed by atoms with E-state index in [1.165, 1.54) is 17.0 Å². The van der Waals surface area contributed by atoms with Gasteiger partial charge in [0.25, 0.3) is 0 Å². The van der Waals surface area contributed by atoms with Crippen molar-refractivity contribution < 1.29 is 13.9 Å². The summed E-state index contributed by atoms with van der Waals surface area (Å²) >= 11 is 1.60. The molecule has 0 spiro atoms. The molecule has 1 heterocycles. The lowest BCUT2D eigenvalue weighted by atomic mass is 10.2. The number of esters is 1. The predicted octanol–water partition coefficient (Wildman–Crippen LogP) is 3.39. The second-order valence-corrected chi connectivity index (χ2v) is 5.29. The molecule has 0 unspecified atom stereocenters. The standard InChI is InChI=1S/C14H14FNO2S/c1-2-10-4-5-11(19-10)8-18-14(17)9-3-6-13(16)12(15)7-9/h3-7H,2,8,16H2,1H3. The van der Waals surface area contributed by atoms with Gasteiger partial charge in [-0.2, -0.15) is 0 Å². The zero-order valence-electron chi connectivity index (χ0n) is 10.5. The van der Waals surface area contributed by atoms with Crippen molar-refractivity contribution in [1.29, 1.82) is 0 Å². The van der Waals surface area contributed by atoms with Gasteiger partial charge in [-0.15, -0.1) is 11.3 Å². The molecule has 0 atom stereocenters. The average Bonchev–Trinajstić information content (AvgIpc) is 2.87. The zero-order valence-corrected chi connectivity index (χ0v) is 11.3. The van der Waals surface area contributed by atoms with E-state index in [4.69, 9.17) is 10.5 Å². The number of hydrogen-bond acceptors (Lipinski definition) is 4. The minimum absolute atomic E-state index is 0.0161. The normalized spacial score (nSPS) is 10.4. The van der Waals surface area contributed by atoms with E-state index in [1.807, 2.05) is 12.1 Å². The molecule has 2 rings (SSSR count). The van der Waals surface area contributed by atoms with Gasteiger partial charge < -0.3 is 10.5 Å². The zero-order chi connectivity index (χ0) is 13.8. The molecular weight excluding hydrogens is 265 g/mol. The number of nitrogens with two attached hydrogens (primary N) is 1. The Kier molecular flexibility index (Phi) is 4.16. The molecule has 2 N–H and O–H groups in total. The van der Waals surface area contributed by atoms with Crippen LogP contribution in [0.3, 0.4) is 0 Å². The van der Waals surface area contributed by atoms with Crippen LogP contribution in [0.5, 0.6) is 0 Å². The van der Waals surface area contributed by atoms with Crippen molar-refractivity contribution in [2.45, 2.75) is 20.0 Å². The Hall–Kier alpha value is -1.88. The summed E-state index contributed by atoms with van der Waals surface area (Å²) in [6, 6.07) is 7.83. The van der Waals surface area contributed by atoms with Crippen molar-refractivity contribution in [3.63, 3.8) is 0 Å². The Labute approximate surface area is 114 Å². The van der Waals surface area contributed by atoms with Crippen molar-refractivity contribution in [3.05, 3.63) is 51.5 Å². The maximum atomic E-state index is 13.2. The molecular formula is C14H14FNO2S. The van der Waals surface area contributed by atoms with Crippen molar-refractivity contribution in [3.8, 4) is 0 Å². The van der Waals surface area contributed by atoms with Crippen LogP contribution in [-0.4, -0.2) is 5.97 Å². The van der Waals surface area contributed by atoms with Crippen LogP contribution >= 0.6 is 11.3 Å². The quantitative estimate of drug-likeness (QED) is 0.689. The molecule has 0 saturated carbocycles. The van der Waals surface area contributed by atoms with Crippen molar-refractivity contribution in [2.24, 2.45) is 0 Å². The number of hydrogen-bond donors (Lipinski definition) is 1. The lowest BCUT2D eigenvalue weighted by Gasteiger charge is -2.04. The summed E-state index contributed by atoms with van der Waals surface area (Å²) in [5, 5.41) is 0. The molecule has 0 aliphatic rings. The van der Waals surface area contributed by atoms with Crippen LogP contribution in [0.4, 0.5) is 10.1 Å². The number of thiophene rings is 1. The maximum absolute atomic E-state index is 13.2. The summed E-state index contributed by atoms with van der Waals surface area (Å²) in [4.78, 5) is 13.9. The van der Waals surface area contributed by atoms with Gasteiger partial charge >= 0.3 is 5.97 Å². The van der Waals surface area contributed by atoms with Gasteiger partial charge in [0.2, 0.25) is 0 Å². The Morgan fingerprint density at radius 1 is 1.32 bits per heavy atom. The number of nitrogen functional groups attached to an aromatic ring is 1. The van der Waals surface area contributed by atoms with Gasteiger partial charge in [0.15, 0.2) is 0 Å². The lowest BCUT2D eigenvalue weighted by molar-refractivity contribution is 0.0476. The van der Waals surface area contributed by atoms with E-state index < -0.39 is 11.8 Å². The third-order valence-corrected chi connectivity index (χ3v) is 3.85. The number of carbonyl (C=O) groups excluding carboxylic acids is 1. The number of halogens is 1. The average molecular weight is 279 g/mol. The number of carbonyl (C=O) groups is 1. The number of rotatable bonds is 4. The van der Waals surface area contributed by atoms with Gasteiger partial charge in [-0.25, -0.2) is 9.18 Å². The molecule has 0 saturated heterocycles. The third-order valence-electron chi connectivity index (χ3n) is 2.65. The SMILES string of the molecule is CCc1ccc(COC(=O)c2ccc(N)c(F)c2)s1. The minimum Gasteiger partial charge on any atom is -0.456 e. The number of ether oxygens (including phenoxy) is 1. The van der Waals surface area contributed by atoms with E-state index in [0.717, 1.165) is 17.4 Å². The molecule has 2 aromatic rings. The van der Waals surface area contributed by atoms with Gasteiger partial charge in [0, 0.05) is 9.75 Å². The maximum Gasteiger partial charge on any atom is 0.338 e. The monoisotopic (exact) mass is 279 g/mol. The molecule has 5 heteroatoms. The second kappa shape index (κ2) is 5.84. The van der Waals surface area contributed by atoms with Crippen molar-refractivity contribution in [2.75, 3.05) is 5.73 Å². The van der Waals surface area contributed by atoms with E-state index >= 15 is 0 Å². The topological polar surface area (TPSA) is 52.3 Å². The van der Waals surface area contributed by atoms with Crippen molar-refractivity contribution in [1.82, 2.24) is 0 Å². The summed E-state index contributed by atoms with van der Waals surface area (Å²) in [6.07, 6.45) is 0.960. The van der Waals surface area contributed by atoms with Crippen LogP contribution in [-0.2, 0) is 17.8 Å². The fourth-order valence-corrected chi connectivity index (χ4v) is 2.44. The molecule has 0 radical (unpaired) electrons. The molecule has 0 fully saturated rings. The van der Waals surface area contributed by atoms with Crippen LogP contribution < -0.4 is 5.73 Å². The smallest absolute Gasteiger partial charge is 0.338 e. The van der Waals surface area contributed by atoms with E-state index in [0.29, 0.717) is 0 Å². The van der Waals surface area contributed by atoms with Gasteiger partial charge in [0.1, 0.15) is 12.4 Å². The second-order valence-electron chi connectivity index (χ2n) is 4.03. The first-order valence-electron chi connectivity index (χ1n) is 5.90. The van der Waals surface area contributed by atoms with Gasteiger partial charge in [0.05, 0.1) is 11.3 Å². The third kappa shape index (κ3) is 3.32. The van der Waals surface area contributed by atoms with Crippen molar-refractivity contribution >= 4 is 23.0 Å². The molecule has 0 amide bonds. The summed E-state index contributed by atoms with van der Waals surface area (Å²) in [5.74, 6) is -1.16. The molecule has 1 aromatic carbocycles. The number of anilines is 1. The van der Waals surface area contributed by atoms with Gasteiger partial charge in [-0.3, -0.25) is 0 Å². The Balaban J connectivity index is 1.99. The number of aryl methyl sites for hydroxylation is 1. The summed E-state index contributed by atoms with van der Waals surface area (Å²) in [5.41, 5.74) is 5.53. The minimum atomic E-state index is -0.612. The Bertz CT molecular complexity index is 595. The van der Waals surface area contributed by atoms with Crippen LogP contribution in [0.2, 0.25) is 0 Å². The first-order valence-corrected chi connectivity index (χ1v) is 6.71. The van der Waals surface area contributed by atoms with Gasteiger partial charge in [-0.05, 0) is 36.8 Å². The highest BCUT2D eigenvalue weighted by atomic mass is 32.1. The first-order chi connectivity index (χ1) is 9.10. The molecule has 19 heavy (non-hydrogen) atoms. The van der Waals surface area contributed by atoms with Crippen LogP contribution in [0.25, 0.3) is 0 Å². The van der Waals surface area contributed by atoms with Crippen LogP contribution in [0.15, 0.2) is 30.3 Å². The molecule has 3 nitrogen and oxygen atoms in total. The summed E-state index contributed by atoms with van der Waals surface area (Å²) in [6.45, 7) is 2.27. The molecule has 0 aliphatic heterocycles. The Morgan fingerprint density at radius 2 is 2.05 bits per heavy atom. The predicted molar refractivity (Wildman–Crippen MR) is 73.6 cm³/mol. The fraction of sp³-hybridized carbons (Fsp3) is 0.214. The fourth-order valence-electron chi connectivity index (χ4n) is 1.56. The van der Waals surface area contributed by atoms with E-state index in [1.54, 1.807) is 11.3 Å². The molecule has 0 aliphatic carbocycles. The summed E-state index contributed by atoms with van der Waals surface area (Å²) in [7, 11) is 0. The van der Waals surface area contributed by atoms with E-state index in [2.05, 4.69) is 6.92 Å². The highest BCUT2D eigenvalue weighted by Gasteiger charge is 2.10. The number of benzene rings is 1. The summed E-state index contributed by atoms with van der Waals surface area (Å²) < 4.78 is 18.4. The highest BCUT2D eigenvalue weighted by Crippen LogP contribution is 2.19. The van der Waals surface area contributed by atoms with Gasteiger partial charge in [-0.1, -0.05) is 6.92 Å². The molecule has 1 aromatic heterocycles. The van der Waals surface area contributed by atoms with Crippen LogP contribution in [0.1, 0.15) is 27.0 Å². The lowest BCUT2D eigenvalue weighted by Crippen LogP contribution is -2.05. The van der Waals surface area contributed by atoms with Crippen LogP contribution in [0, 0.1) is 5.82 Å². The highest BCUT2D eigenvalue weighted by molar-refractivity contribution is 7.11.